The first kappa shape index (κ1) is 14.8. The third-order valence-electron chi connectivity index (χ3n) is 2.86. The van der Waals surface area contributed by atoms with E-state index >= 15 is 0 Å². The average Bonchev–Trinajstić information content (AvgIpc) is 2.90. The molecule has 112 valence electrons. The second-order valence-corrected chi connectivity index (χ2v) is 4.21. The third kappa shape index (κ3) is 3.10. The summed E-state index contributed by atoms with van der Waals surface area (Å²) in [5, 5.41) is 11.5. The summed E-state index contributed by atoms with van der Waals surface area (Å²) in [6, 6.07) is 3.19. The van der Waals surface area contributed by atoms with Gasteiger partial charge in [-0.25, -0.2) is 0 Å². The Balaban J connectivity index is 2.32. The van der Waals surface area contributed by atoms with Crippen molar-refractivity contribution >= 4 is 5.78 Å². The van der Waals surface area contributed by atoms with Crippen LogP contribution in [-0.2, 0) is 13.5 Å². The molecule has 8 nitrogen and oxygen atoms in total. The van der Waals surface area contributed by atoms with Crippen molar-refractivity contribution < 1.29 is 19.0 Å². The summed E-state index contributed by atoms with van der Waals surface area (Å²) in [6.45, 7) is 0. The van der Waals surface area contributed by atoms with E-state index in [0.717, 1.165) is 0 Å². The van der Waals surface area contributed by atoms with Crippen molar-refractivity contribution in [2.45, 2.75) is 6.42 Å². The Morgan fingerprint density at radius 2 is 1.76 bits per heavy atom. The molecule has 2 rings (SSSR count). The summed E-state index contributed by atoms with van der Waals surface area (Å²) in [6.07, 6.45) is 0.0481. The summed E-state index contributed by atoms with van der Waals surface area (Å²) in [4.78, 5) is 13.6. The number of Topliss-reactive ketones (excluding diaryl/α,β-unsaturated/α-hetero) is 1. The van der Waals surface area contributed by atoms with Crippen molar-refractivity contribution in [3.63, 3.8) is 0 Å². The zero-order chi connectivity index (χ0) is 15.4. The van der Waals surface area contributed by atoms with Gasteiger partial charge in [-0.1, -0.05) is 0 Å². The lowest BCUT2D eigenvalue weighted by Crippen LogP contribution is -2.07. The molecule has 0 aliphatic heterocycles. The monoisotopic (exact) mass is 292 g/mol. The van der Waals surface area contributed by atoms with Crippen molar-refractivity contribution in [3.8, 4) is 17.2 Å². The van der Waals surface area contributed by atoms with E-state index in [-0.39, 0.29) is 12.2 Å². The lowest BCUT2D eigenvalue weighted by Gasteiger charge is -2.13. The zero-order valence-electron chi connectivity index (χ0n) is 12.3. The highest BCUT2D eigenvalue weighted by Crippen LogP contribution is 2.38. The molecule has 0 aliphatic carbocycles. The number of aryl methyl sites for hydroxylation is 1. The van der Waals surface area contributed by atoms with Crippen LogP contribution in [-0.4, -0.2) is 47.3 Å². The van der Waals surface area contributed by atoms with Crippen LogP contribution < -0.4 is 14.2 Å². The van der Waals surface area contributed by atoms with E-state index in [1.54, 1.807) is 19.2 Å². The van der Waals surface area contributed by atoms with Gasteiger partial charge in [-0.3, -0.25) is 4.79 Å². The number of tetrazole rings is 1. The normalized spacial score (nSPS) is 10.3. The number of methoxy groups -OCH3 is 3. The summed E-state index contributed by atoms with van der Waals surface area (Å²) in [7, 11) is 6.14. The first-order chi connectivity index (χ1) is 10.1. The lowest BCUT2D eigenvalue weighted by molar-refractivity contribution is 0.0990. The molecule has 0 aliphatic rings. The van der Waals surface area contributed by atoms with Gasteiger partial charge in [0.2, 0.25) is 5.75 Å². The van der Waals surface area contributed by atoms with E-state index in [4.69, 9.17) is 14.2 Å². The molecule has 0 atom stereocenters. The fourth-order valence-electron chi connectivity index (χ4n) is 1.88. The molecule has 8 heteroatoms. The van der Waals surface area contributed by atoms with Gasteiger partial charge in [0.1, 0.15) is 0 Å². The van der Waals surface area contributed by atoms with Gasteiger partial charge in [-0.2, -0.15) is 4.80 Å². The van der Waals surface area contributed by atoms with Gasteiger partial charge < -0.3 is 14.2 Å². The number of carbonyl (C=O) groups excluding carboxylic acids is 1. The Bertz CT molecular complexity index is 628. The molecule has 0 N–H and O–H groups in total. The van der Waals surface area contributed by atoms with Crippen LogP contribution in [0.5, 0.6) is 17.2 Å². The minimum absolute atomic E-state index is 0.0481. The first-order valence-electron chi connectivity index (χ1n) is 6.15. The van der Waals surface area contributed by atoms with Gasteiger partial charge in [0.15, 0.2) is 23.1 Å². The molecule has 2 aromatic rings. The minimum Gasteiger partial charge on any atom is -0.493 e. The Morgan fingerprint density at radius 3 is 2.19 bits per heavy atom. The van der Waals surface area contributed by atoms with E-state index in [2.05, 4.69) is 15.4 Å². The van der Waals surface area contributed by atoms with Crippen molar-refractivity contribution in [2.24, 2.45) is 7.05 Å². The quantitative estimate of drug-likeness (QED) is 0.723. The van der Waals surface area contributed by atoms with Gasteiger partial charge in [0.25, 0.3) is 0 Å². The lowest BCUT2D eigenvalue weighted by atomic mass is 10.1. The number of ketones is 1. The van der Waals surface area contributed by atoms with Crippen LogP contribution in [0.3, 0.4) is 0 Å². The summed E-state index contributed by atoms with van der Waals surface area (Å²) >= 11 is 0. The minimum atomic E-state index is -0.165. The summed E-state index contributed by atoms with van der Waals surface area (Å²) < 4.78 is 15.7. The molecule has 1 aromatic carbocycles. The number of hydrogen-bond donors (Lipinski definition) is 0. The molecule has 0 bridgehead atoms. The molecule has 0 saturated carbocycles. The fraction of sp³-hybridized carbons (Fsp3) is 0.385. The fourth-order valence-corrected chi connectivity index (χ4v) is 1.88. The number of carbonyl (C=O) groups is 1. The number of benzene rings is 1. The Labute approximate surface area is 121 Å². The average molecular weight is 292 g/mol. The molecule has 0 unspecified atom stereocenters. The first-order valence-corrected chi connectivity index (χ1v) is 6.15. The van der Waals surface area contributed by atoms with Crippen molar-refractivity contribution in [2.75, 3.05) is 21.3 Å². The highest BCUT2D eigenvalue weighted by atomic mass is 16.5. The van der Waals surface area contributed by atoms with Crippen LogP contribution >= 0.6 is 0 Å². The topological polar surface area (TPSA) is 88.4 Å². The molecule has 0 saturated heterocycles. The summed E-state index contributed by atoms with van der Waals surface area (Å²) in [5.74, 6) is 1.48. The molecule has 1 heterocycles. The van der Waals surface area contributed by atoms with Crippen LogP contribution in [0.1, 0.15) is 16.2 Å². The Kier molecular flexibility index (Phi) is 4.36. The largest absolute Gasteiger partial charge is 0.493 e. The standard InChI is InChI=1S/C13H16N4O4/c1-17-15-12(14-16-17)7-9(18)8-5-10(19-2)13(21-4)11(6-8)20-3/h5-6H,7H2,1-4H3. The van der Waals surface area contributed by atoms with Crippen molar-refractivity contribution in [3.05, 3.63) is 23.5 Å². The second kappa shape index (κ2) is 6.21. The highest BCUT2D eigenvalue weighted by molar-refractivity contribution is 5.98. The predicted octanol–water partition coefficient (Wildman–Crippen LogP) is 0.661. The molecule has 0 radical (unpaired) electrons. The molecule has 1 aromatic heterocycles. The zero-order valence-corrected chi connectivity index (χ0v) is 12.3. The molecular weight excluding hydrogens is 276 g/mol. The van der Waals surface area contributed by atoms with Gasteiger partial charge in [0, 0.05) is 5.56 Å². The van der Waals surface area contributed by atoms with Crippen molar-refractivity contribution in [1.82, 2.24) is 20.2 Å². The molecule has 21 heavy (non-hydrogen) atoms. The maximum atomic E-state index is 12.3. The molecule has 0 fully saturated rings. The van der Waals surface area contributed by atoms with Crippen LogP contribution in [0.25, 0.3) is 0 Å². The number of nitrogens with zero attached hydrogens (tertiary/aromatic N) is 4. The summed E-state index contributed by atoms with van der Waals surface area (Å²) in [5.41, 5.74) is 0.428. The van der Waals surface area contributed by atoms with E-state index in [0.29, 0.717) is 28.6 Å². The Morgan fingerprint density at radius 1 is 1.14 bits per heavy atom. The van der Waals surface area contributed by atoms with E-state index in [1.165, 1.54) is 26.1 Å². The van der Waals surface area contributed by atoms with Crippen LogP contribution in [0, 0.1) is 0 Å². The number of rotatable bonds is 6. The molecule has 0 spiro atoms. The van der Waals surface area contributed by atoms with Crippen molar-refractivity contribution in [1.29, 1.82) is 0 Å². The van der Waals surface area contributed by atoms with E-state index in [1.807, 2.05) is 0 Å². The maximum Gasteiger partial charge on any atom is 0.203 e. The SMILES string of the molecule is COc1cc(C(=O)Cc2nnn(C)n2)cc(OC)c1OC. The van der Waals surface area contributed by atoms with Gasteiger partial charge in [0.05, 0.1) is 34.8 Å². The van der Waals surface area contributed by atoms with Crippen LogP contribution in [0.4, 0.5) is 0 Å². The molecule has 0 amide bonds. The second-order valence-electron chi connectivity index (χ2n) is 4.21. The van der Waals surface area contributed by atoms with Gasteiger partial charge in [-0.15, -0.1) is 10.2 Å². The van der Waals surface area contributed by atoms with Crippen LogP contribution in [0.15, 0.2) is 12.1 Å². The Hall–Kier alpha value is -2.64. The van der Waals surface area contributed by atoms with E-state index in [9.17, 15) is 4.79 Å². The molecular formula is C13H16N4O4. The van der Waals surface area contributed by atoms with E-state index < -0.39 is 0 Å². The number of ether oxygens (including phenoxy) is 3. The third-order valence-corrected chi connectivity index (χ3v) is 2.86. The number of aromatic nitrogens is 4. The smallest absolute Gasteiger partial charge is 0.203 e. The predicted molar refractivity (Wildman–Crippen MR) is 72.9 cm³/mol. The van der Waals surface area contributed by atoms with Gasteiger partial charge in [-0.05, 0) is 17.3 Å². The maximum absolute atomic E-state index is 12.3. The number of hydrogen-bond acceptors (Lipinski definition) is 7. The highest BCUT2D eigenvalue weighted by Gasteiger charge is 2.18. The van der Waals surface area contributed by atoms with Gasteiger partial charge >= 0.3 is 0 Å². The van der Waals surface area contributed by atoms with Crippen LogP contribution in [0.2, 0.25) is 0 Å².